The van der Waals surface area contributed by atoms with Crippen molar-refractivity contribution in [3.05, 3.63) is 60.5 Å². The lowest BCUT2D eigenvalue weighted by Gasteiger charge is -2.17. The quantitative estimate of drug-likeness (QED) is 0.510. The highest BCUT2D eigenvalue weighted by Crippen LogP contribution is 2.33. The first-order valence-electron chi connectivity index (χ1n) is 9.25. The van der Waals surface area contributed by atoms with Crippen molar-refractivity contribution in [1.29, 1.82) is 0 Å². The highest BCUT2D eigenvalue weighted by Gasteiger charge is 2.34. The molecule has 1 atom stereocenters. The van der Waals surface area contributed by atoms with Crippen molar-refractivity contribution in [1.82, 2.24) is 29.5 Å². The zero-order valence-corrected chi connectivity index (χ0v) is 16.8. The van der Waals surface area contributed by atoms with Gasteiger partial charge in [0, 0.05) is 35.6 Å². The zero-order valence-electron chi connectivity index (χ0n) is 16.8. The Hall–Kier alpha value is -3.76. The van der Waals surface area contributed by atoms with Gasteiger partial charge in [-0.3, -0.25) is 0 Å². The van der Waals surface area contributed by atoms with Gasteiger partial charge in [0.1, 0.15) is 23.4 Å². The number of hydrogen-bond donors (Lipinski definition) is 1. The Bertz CT molecular complexity index is 1220. The summed E-state index contributed by atoms with van der Waals surface area (Å²) in [4.78, 5) is 19.7. The highest BCUT2D eigenvalue weighted by molar-refractivity contribution is 5.94. The first-order valence-corrected chi connectivity index (χ1v) is 9.25. The van der Waals surface area contributed by atoms with Crippen molar-refractivity contribution in [2.75, 3.05) is 12.4 Å². The molecule has 0 spiro atoms. The Morgan fingerprint density at radius 3 is 2.42 bits per heavy atom. The van der Waals surface area contributed by atoms with E-state index in [1.165, 1.54) is 6.33 Å². The summed E-state index contributed by atoms with van der Waals surface area (Å²) in [5.41, 5.74) is 2.73. The van der Waals surface area contributed by atoms with Crippen LogP contribution in [0, 0.1) is 6.92 Å². The standard InChI is InChI=1S/C20H18F3N7O/c1-11-8-30(10-28-11)14-4-15-17(16(5-14)31-3)26-9-27-18(15)29-12(2)13-6-24-19(25-7-13)20(21,22)23/h4-10,12H,1-3H3,(H,26,27,29)/t12-/m1/s1. The molecule has 3 aromatic heterocycles. The number of aryl methyl sites for hydroxylation is 1. The maximum absolute atomic E-state index is 12.7. The van der Waals surface area contributed by atoms with Gasteiger partial charge < -0.3 is 14.6 Å². The molecule has 31 heavy (non-hydrogen) atoms. The molecular weight excluding hydrogens is 411 g/mol. The van der Waals surface area contributed by atoms with E-state index in [0.717, 1.165) is 23.8 Å². The van der Waals surface area contributed by atoms with Crippen molar-refractivity contribution in [2.45, 2.75) is 26.1 Å². The number of anilines is 1. The molecule has 160 valence electrons. The van der Waals surface area contributed by atoms with Gasteiger partial charge in [0.15, 0.2) is 0 Å². The largest absolute Gasteiger partial charge is 0.494 e. The predicted octanol–water partition coefficient (Wildman–Crippen LogP) is 4.11. The van der Waals surface area contributed by atoms with Crippen molar-refractivity contribution in [2.24, 2.45) is 0 Å². The van der Waals surface area contributed by atoms with Crippen molar-refractivity contribution < 1.29 is 17.9 Å². The van der Waals surface area contributed by atoms with Gasteiger partial charge in [-0.05, 0) is 19.9 Å². The normalized spacial score (nSPS) is 12.7. The van der Waals surface area contributed by atoms with Gasteiger partial charge >= 0.3 is 6.18 Å². The second-order valence-electron chi connectivity index (χ2n) is 6.89. The number of nitrogens with one attached hydrogen (secondary N) is 1. The van der Waals surface area contributed by atoms with E-state index in [4.69, 9.17) is 4.74 Å². The third kappa shape index (κ3) is 4.11. The second-order valence-corrected chi connectivity index (χ2v) is 6.89. The molecule has 11 heteroatoms. The molecule has 0 aliphatic carbocycles. The van der Waals surface area contributed by atoms with Crippen LogP contribution in [-0.4, -0.2) is 36.6 Å². The minimum atomic E-state index is -4.59. The minimum absolute atomic E-state index is 0.412. The van der Waals surface area contributed by atoms with Crippen molar-refractivity contribution >= 4 is 16.7 Å². The average molecular weight is 429 g/mol. The average Bonchev–Trinajstić information content (AvgIpc) is 3.19. The van der Waals surface area contributed by atoms with Gasteiger partial charge in [-0.2, -0.15) is 13.2 Å². The third-order valence-corrected chi connectivity index (χ3v) is 4.70. The number of rotatable bonds is 5. The lowest BCUT2D eigenvalue weighted by molar-refractivity contribution is -0.145. The van der Waals surface area contributed by atoms with E-state index in [2.05, 4.69) is 30.2 Å². The smallest absolute Gasteiger partial charge is 0.451 e. The number of imidazole rings is 1. The van der Waals surface area contributed by atoms with Gasteiger partial charge in [-0.25, -0.2) is 24.9 Å². The third-order valence-electron chi connectivity index (χ3n) is 4.70. The monoisotopic (exact) mass is 429 g/mol. The number of fused-ring (bicyclic) bond motifs is 1. The molecule has 0 aliphatic rings. The maximum Gasteiger partial charge on any atom is 0.451 e. The summed E-state index contributed by atoms with van der Waals surface area (Å²) in [6, 6.07) is 3.32. The lowest BCUT2D eigenvalue weighted by Crippen LogP contribution is -2.14. The van der Waals surface area contributed by atoms with Gasteiger partial charge in [0.05, 0.1) is 30.9 Å². The van der Waals surface area contributed by atoms with E-state index >= 15 is 0 Å². The summed E-state index contributed by atoms with van der Waals surface area (Å²) in [7, 11) is 1.55. The molecule has 8 nitrogen and oxygen atoms in total. The van der Waals surface area contributed by atoms with Crippen LogP contribution in [0.3, 0.4) is 0 Å². The van der Waals surface area contributed by atoms with Crippen molar-refractivity contribution in [3.8, 4) is 11.4 Å². The fourth-order valence-corrected chi connectivity index (χ4v) is 3.10. The Balaban J connectivity index is 1.71. The minimum Gasteiger partial charge on any atom is -0.494 e. The summed E-state index contributed by atoms with van der Waals surface area (Å²) >= 11 is 0. The molecular formula is C20H18F3N7O. The van der Waals surface area contributed by atoms with Crippen LogP contribution < -0.4 is 10.1 Å². The van der Waals surface area contributed by atoms with E-state index in [1.807, 2.05) is 29.8 Å². The molecule has 0 saturated heterocycles. The summed E-state index contributed by atoms with van der Waals surface area (Å²) in [5.74, 6) is -0.134. The van der Waals surface area contributed by atoms with E-state index in [1.54, 1.807) is 20.4 Å². The SMILES string of the molecule is COc1cc(-n2cnc(C)c2)cc2c(N[C@H](C)c3cnc(C(F)(F)F)nc3)ncnc12. The predicted molar refractivity (Wildman–Crippen MR) is 107 cm³/mol. The number of ether oxygens (including phenoxy) is 1. The fraction of sp³-hybridized carbons (Fsp3) is 0.250. The molecule has 0 radical (unpaired) electrons. The van der Waals surface area contributed by atoms with Gasteiger partial charge in [0.25, 0.3) is 0 Å². The molecule has 0 unspecified atom stereocenters. The molecule has 0 bridgehead atoms. The molecule has 4 aromatic rings. The molecule has 4 rings (SSSR count). The maximum atomic E-state index is 12.7. The van der Waals surface area contributed by atoms with Gasteiger partial charge in [-0.1, -0.05) is 0 Å². The van der Waals surface area contributed by atoms with E-state index < -0.39 is 18.0 Å². The molecule has 0 saturated carbocycles. The van der Waals surface area contributed by atoms with Crippen LogP contribution in [0.15, 0.2) is 43.4 Å². The molecule has 0 fully saturated rings. The van der Waals surface area contributed by atoms with Crippen LogP contribution in [0.2, 0.25) is 0 Å². The van der Waals surface area contributed by atoms with Gasteiger partial charge in [0.2, 0.25) is 5.82 Å². The Morgan fingerprint density at radius 1 is 1.06 bits per heavy atom. The van der Waals surface area contributed by atoms with E-state index in [0.29, 0.717) is 28.0 Å². The lowest BCUT2D eigenvalue weighted by atomic mass is 10.1. The van der Waals surface area contributed by atoms with Crippen molar-refractivity contribution in [3.63, 3.8) is 0 Å². The zero-order chi connectivity index (χ0) is 22.2. The summed E-state index contributed by atoms with van der Waals surface area (Å²) in [6.07, 6.45) is 2.67. The number of nitrogens with zero attached hydrogens (tertiary/aromatic N) is 6. The Labute approximate surface area is 175 Å². The van der Waals surface area contributed by atoms with E-state index in [9.17, 15) is 13.2 Å². The first-order chi connectivity index (χ1) is 14.8. The number of benzene rings is 1. The molecule has 0 amide bonds. The second kappa shape index (κ2) is 7.82. The molecule has 3 heterocycles. The topological polar surface area (TPSA) is 90.6 Å². The van der Waals surface area contributed by atoms with Crippen LogP contribution in [0.1, 0.15) is 30.0 Å². The Kier molecular flexibility index (Phi) is 5.17. The molecule has 1 aromatic carbocycles. The Morgan fingerprint density at radius 2 is 1.81 bits per heavy atom. The highest BCUT2D eigenvalue weighted by atomic mass is 19.4. The summed E-state index contributed by atoms with van der Waals surface area (Å²) in [6.45, 7) is 3.67. The van der Waals surface area contributed by atoms with E-state index in [-0.39, 0.29) is 0 Å². The molecule has 0 aliphatic heterocycles. The number of halogens is 3. The number of hydrogen-bond acceptors (Lipinski definition) is 7. The molecule has 1 N–H and O–H groups in total. The summed E-state index contributed by atoms with van der Waals surface area (Å²) in [5, 5.41) is 3.88. The van der Waals surface area contributed by atoms with Crippen LogP contribution in [0.25, 0.3) is 16.6 Å². The number of methoxy groups -OCH3 is 1. The summed E-state index contributed by atoms with van der Waals surface area (Å²) < 4.78 is 45.5. The fourth-order valence-electron chi connectivity index (χ4n) is 3.10. The van der Waals surface area contributed by atoms with Crippen LogP contribution >= 0.6 is 0 Å². The van der Waals surface area contributed by atoms with Crippen LogP contribution in [0.4, 0.5) is 19.0 Å². The first kappa shape index (κ1) is 20.5. The van der Waals surface area contributed by atoms with Crippen LogP contribution in [0.5, 0.6) is 5.75 Å². The van der Waals surface area contributed by atoms with Gasteiger partial charge in [-0.15, -0.1) is 0 Å². The van der Waals surface area contributed by atoms with Crippen LogP contribution in [-0.2, 0) is 6.18 Å². The number of alkyl halides is 3. The number of aromatic nitrogens is 6.